The van der Waals surface area contributed by atoms with E-state index in [1.807, 2.05) is 0 Å². The summed E-state index contributed by atoms with van der Waals surface area (Å²) in [5.41, 5.74) is 1.16. The van der Waals surface area contributed by atoms with Crippen molar-refractivity contribution < 1.29 is 52.8 Å². The lowest BCUT2D eigenvalue weighted by atomic mass is 9.87. The van der Waals surface area contributed by atoms with Crippen LogP contribution in [0.25, 0.3) is 0 Å². The van der Waals surface area contributed by atoms with Gasteiger partial charge in [0.2, 0.25) is 0 Å². The second kappa shape index (κ2) is 18.3. The van der Waals surface area contributed by atoms with Crippen molar-refractivity contribution in [3.05, 3.63) is 179 Å². The Morgan fingerprint density at radius 2 is 0.818 bits per heavy atom. The molecule has 1 saturated heterocycles. The van der Waals surface area contributed by atoms with Crippen molar-refractivity contribution in [3.8, 4) is 0 Å². The van der Waals surface area contributed by atoms with E-state index in [1.54, 1.807) is 103 Å². The van der Waals surface area contributed by atoms with Gasteiger partial charge in [-0.05, 0) is 54.1 Å². The molecule has 1 N–H and O–H groups in total. The van der Waals surface area contributed by atoms with Crippen molar-refractivity contribution in [2.75, 3.05) is 13.2 Å². The summed E-state index contributed by atoms with van der Waals surface area (Å²) < 4.78 is 29.6. The fourth-order valence-corrected chi connectivity index (χ4v) is 6.16. The minimum Gasteiger partial charge on any atom is -0.460 e. The number of amides is 1. The SMILES string of the molecule is O=C(OC[C@@H]1[C@@H](OC(=O)c2ccccc2)[C@H](OC(=O)c2ccccc2)[C@@H](OC(=O)c2ccccc2)[C@@H](CO)N1C(=O)OCc1ccccc1)c1ccccc1. The molecule has 1 aliphatic heterocycles. The number of hydrogen-bond donors (Lipinski definition) is 1. The summed E-state index contributed by atoms with van der Waals surface area (Å²) in [6.07, 6.45) is -6.00. The first kappa shape index (κ1) is 38.0. The molecule has 0 unspecified atom stereocenters. The van der Waals surface area contributed by atoms with Crippen molar-refractivity contribution in [1.29, 1.82) is 0 Å². The zero-order valence-corrected chi connectivity index (χ0v) is 29.4. The molecule has 1 fully saturated rings. The van der Waals surface area contributed by atoms with Crippen LogP contribution >= 0.6 is 0 Å². The van der Waals surface area contributed by atoms with Crippen LogP contribution in [-0.4, -0.2) is 83.6 Å². The van der Waals surface area contributed by atoms with E-state index in [-0.39, 0.29) is 28.9 Å². The number of rotatable bonds is 12. The number of nitrogens with zero attached hydrogens (tertiary/aromatic N) is 1. The Bertz CT molecular complexity index is 2050. The van der Waals surface area contributed by atoms with Crippen molar-refractivity contribution >= 4 is 30.0 Å². The largest absolute Gasteiger partial charge is 0.460 e. The quantitative estimate of drug-likeness (QED) is 0.120. The third-order valence-electron chi connectivity index (χ3n) is 8.88. The van der Waals surface area contributed by atoms with Crippen LogP contribution < -0.4 is 0 Å². The van der Waals surface area contributed by atoms with Gasteiger partial charge in [-0.2, -0.15) is 0 Å². The first-order valence-electron chi connectivity index (χ1n) is 17.4. The summed E-state index contributed by atoms with van der Waals surface area (Å²) in [5, 5.41) is 11.0. The topological polar surface area (TPSA) is 155 Å². The second-order valence-electron chi connectivity index (χ2n) is 12.4. The van der Waals surface area contributed by atoms with Crippen LogP contribution in [0.15, 0.2) is 152 Å². The van der Waals surface area contributed by atoms with E-state index in [2.05, 4.69) is 0 Å². The molecule has 6 rings (SSSR count). The molecule has 1 heterocycles. The van der Waals surface area contributed by atoms with Crippen molar-refractivity contribution in [2.24, 2.45) is 0 Å². The lowest BCUT2D eigenvalue weighted by Crippen LogP contribution is -2.72. The van der Waals surface area contributed by atoms with Gasteiger partial charge in [-0.3, -0.25) is 4.90 Å². The third kappa shape index (κ3) is 9.42. The molecule has 5 aromatic carbocycles. The second-order valence-corrected chi connectivity index (χ2v) is 12.4. The smallest absolute Gasteiger partial charge is 0.411 e. The molecule has 55 heavy (non-hydrogen) atoms. The Balaban J connectivity index is 1.46. The number of esters is 4. The number of ether oxygens (including phenoxy) is 5. The highest BCUT2D eigenvalue weighted by Gasteiger charge is 2.57. The minimum absolute atomic E-state index is 0.107. The van der Waals surface area contributed by atoms with Crippen LogP contribution in [0.2, 0.25) is 0 Å². The van der Waals surface area contributed by atoms with Crippen molar-refractivity contribution in [1.82, 2.24) is 4.90 Å². The normalized spacial score (nSPS) is 19.0. The lowest BCUT2D eigenvalue weighted by molar-refractivity contribution is -0.174. The molecule has 0 bridgehead atoms. The Labute approximate surface area is 316 Å². The van der Waals surface area contributed by atoms with Crippen LogP contribution in [0.4, 0.5) is 4.79 Å². The number of benzene rings is 5. The predicted octanol–water partition coefficient (Wildman–Crippen LogP) is 5.90. The number of aliphatic hydroxyl groups is 1. The molecule has 1 amide bonds. The summed E-state index contributed by atoms with van der Waals surface area (Å²) in [6.45, 7) is -1.69. The monoisotopic (exact) mass is 743 g/mol. The van der Waals surface area contributed by atoms with Gasteiger partial charge in [-0.15, -0.1) is 0 Å². The highest BCUT2D eigenvalue weighted by atomic mass is 16.6. The Morgan fingerprint density at radius 3 is 1.24 bits per heavy atom. The standard InChI is InChI=1S/C43H37NO11/c45-26-34-36(53-40(47)31-20-10-3-11-21-31)38(55-42(49)33-24-14-5-15-25-33)37(54-41(48)32-22-12-4-13-23-32)35(28-51-39(46)30-18-8-2-9-19-30)44(34)43(50)52-27-29-16-6-1-7-17-29/h1-25,34-38,45H,26-28H2/t34-,35-,36+,37-,38-/m1/s1. The maximum atomic E-state index is 14.3. The maximum absolute atomic E-state index is 14.3. The summed E-state index contributed by atoms with van der Waals surface area (Å²) in [6, 6.07) is 37.7. The molecule has 0 spiro atoms. The van der Waals surface area contributed by atoms with Gasteiger partial charge in [0.1, 0.15) is 19.3 Å². The average Bonchev–Trinajstić information content (AvgIpc) is 3.24. The average molecular weight is 744 g/mol. The number of carbonyl (C=O) groups is 5. The number of piperidine rings is 1. The number of hydrogen-bond acceptors (Lipinski definition) is 11. The van der Waals surface area contributed by atoms with Gasteiger partial charge in [0.05, 0.1) is 34.9 Å². The lowest BCUT2D eigenvalue weighted by Gasteiger charge is -2.50. The van der Waals surface area contributed by atoms with Gasteiger partial charge in [-0.25, -0.2) is 24.0 Å². The molecule has 12 heteroatoms. The molecule has 12 nitrogen and oxygen atoms in total. The van der Waals surface area contributed by atoms with Gasteiger partial charge < -0.3 is 28.8 Å². The highest BCUT2D eigenvalue weighted by molar-refractivity contribution is 5.92. The van der Waals surface area contributed by atoms with E-state index in [0.29, 0.717) is 5.56 Å². The molecule has 0 radical (unpaired) electrons. The van der Waals surface area contributed by atoms with E-state index < -0.39 is 73.6 Å². The number of carbonyl (C=O) groups excluding carboxylic acids is 5. The third-order valence-corrected chi connectivity index (χ3v) is 8.88. The van der Waals surface area contributed by atoms with E-state index in [9.17, 15) is 29.1 Å². The molecule has 0 aromatic heterocycles. The van der Waals surface area contributed by atoms with E-state index in [1.165, 1.54) is 48.5 Å². The fraction of sp³-hybridized carbons (Fsp3) is 0.186. The van der Waals surface area contributed by atoms with Gasteiger partial charge in [0, 0.05) is 0 Å². The Hall–Kier alpha value is -6.79. The highest BCUT2D eigenvalue weighted by Crippen LogP contribution is 2.34. The number of aliphatic hydroxyl groups excluding tert-OH is 1. The molecule has 280 valence electrons. The van der Waals surface area contributed by atoms with E-state index in [4.69, 9.17) is 23.7 Å². The molecule has 1 aliphatic rings. The van der Waals surface area contributed by atoms with Crippen LogP contribution in [0, 0.1) is 0 Å². The first-order chi connectivity index (χ1) is 26.8. The fourth-order valence-electron chi connectivity index (χ4n) is 6.16. The van der Waals surface area contributed by atoms with Gasteiger partial charge in [0.25, 0.3) is 0 Å². The summed E-state index contributed by atoms with van der Waals surface area (Å²) in [7, 11) is 0. The molecular formula is C43H37NO11. The van der Waals surface area contributed by atoms with Crippen molar-refractivity contribution in [3.63, 3.8) is 0 Å². The summed E-state index contributed by atoms with van der Waals surface area (Å²) in [4.78, 5) is 70.0. The van der Waals surface area contributed by atoms with Gasteiger partial charge >= 0.3 is 30.0 Å². The molecular weight excluding hydrogens is 706 g/mol. The molecule has 0 saturated carbocycles. The Kier molecular flexibility index (Phi) is 12.6. The van der Waals surface area contributed by atoms with Gasteiger partial charge in [0.15, 0.2) is 18.3 Å². The van der Waals surface area contributed by atoms with E-state index in [0.717, 1.165) is 4.90 Å². The van der Waals surface area contributed by atoms with Crippen LogP contribution in [-0.2, 0) is 30.3 Å². The maximum Gasteiger partial charge on any atom is 0.411 e. The minimum atomic E-state index is -1.66. The molecule has 5 atom stereocenters. The molecule has 5 aromatic rings. The van der Waals surface area contributed by atoms with Crippen LogP contribution in [0.5, 0.6) is 0 Å². The molecule has 0 aliphatic carbocycles. The predicted molar refractivity (Wildman–Crippen MR) is 197 cm³/mol. The zero-order valence-electron chi connectivity index (χ0n) is 29.4. The van der Waals surface area contributed by atoms with Crippen LogP contribution in [0.3, 0.4) is 0 Å². The van der Waals surface area contributed by atoms with Crippen LogP contribution in [0.1, 0.15) is 47.0 Å². The summed E-state index contributed by atoms with van der Waals surface area (Å²) >= 11 is 0. The number of likely N-dealkylation sites (tertiary alicyclic amines) is 1. The first-order valence-corrected chi connectivity index (χ1v) is 17.4. The zero-order chi connectivity index (χ0) is 38.6. The van der Waals surface area contributed by atoms with Crippen molar-refractivity contribution in [2.45, 2.75) is 37.0 Å². The van der Waals surface area contributed by atoms with E-state index >= 15 is 0 Å². The van der Waals surface area contributed by atoms with Gasteiger partial charge in [-0.1, -0.05) is 103 Å². The Morgan fingerprint density at radius 1 is 0.455 bits per heavy atom. The summed E-state index contributed by atoms with van der Waals surface area (Å²) in [5.74, 6) is -3.44.